The number of aryl methyl sites for hydroxylation is 1. The number of carbonyl (C=O) groups excluding carboxylic acids is 1. The van der Waals surface area contributed by atoms with Crippen LogP contribution in [0.4, 0.5) is 0 Å². The van der Waals surface area contributed by atoms with Gasteiger partial charge in [0, 0.05) is 23.0 Å². The molecule has 2 aliphatic rings. The highest BCUT2D eigenvalue weighted by atomic mass is 35.5. The fourth-order valence-corrected chi connectivity index (χ4v) is 4.76. The van der Waals surface area contributed by atoms with Crippen molar-refractivity contribution in [2.75, 3.05) is 7.05 Å². The molecule has 2 aromatic rings. The molecule has 0 saturated carbocycles. The van der Waals surface area contributed by atoms with Gasteiger partial charge in [0.1, 0.15) is 5.75 Å². The number of nitrogens with zero attached hydrogens (tertiary/aromatic N) is 1. The van der Waals surface area contributed by atoms with Crippen LogP contribution in [0.3, 0.4) is 0 Å². The van der Waals surface area contributed by atoms with Crippen LogP contribution in [0.2, 0.25) is 5.02 Å². The van der Waals surface area contributed by atoms with Crippen molar-refractivity contribution in [2.24, 2.45) is 5.92 Å². The van der Waals surface area contributed by atoms with E-state index in [0.717, 1.165) is 29.8 Å². The van der Waals surface area contributed by atoms with Crippen LogP contribution < -0.4 is 4.74 Å². The molecule has 0 aliphatic carbocycles. The zero-order chi connectivity index (χ0) is 18.3. The van der Waals surface area contributed by atoms with Gasteiger partial charge in [0.25, 0.3) is 0 Å². The Labute approximate surface area is 159 Å². The molecule has 2 heterocycles. The Morgan fingerprint density at radius 1 is 1.08 bits per heavy atom. The monoisotopic (exact) mass is 369 g/mol. The van der Waals surface area contributed by atoms with E-state index in [0.29, 0.717) is 11.8 Å². The van der Waals surface area contributed by atoms with Crippen molar-refractivity contribution in [1.29, 1.82) is 0 Å². The Kier molecular flexibility index (Phi) is 4.76. The SMILES string of the molecule is Cc1ccc(OC(=O)C2C3CCC(C[C@@H]2c2ccc(Cl)cc2)N3C)cc1. The first kappa shape index (κ1) is 17.6. The Bertz CT molecular complexity index is 787. The molecule has 0 spiro atoms. The van der Waals surface area contributed by atoms with E-state index >= 15 is 0 Å². The summed E-state index contributed by atoms with van der Waals surface area (Å²) in [7, 11) is 2.15. The molecule has 26 heavy (non-hydrogen) atoms. The number of rotatable bonds is 3. The Morgan fingerprint density at radius 2 is 1.77 bits per heavy atom. The summed E-state index contributed by atoms with van der Waals surface area (Å²) in [5, 5.41) is 0.725. The topological polar surface area (TPSA) is 29.5 Å². The van der Waals surface area contributed by atoms with Gasteiger partial charge in [-0.25, -0.2) is 0 Å². The lowest BCUT2D eigenvalue weighted by Crippen LogP contribution is -2.49. The van der Waals surface area contributed by atoms with Gasteiger partial charge in [-0.05, 0) is 63.1 Å². The lowest BCUT2D eigenvalue weighted by molar-refractivity contribution is -0.143. The van der Waals surface area contributed by atoms with Crippen LogP contribution in [-0.2, 0) is 4.79 Å². The molecular weight excluding hydrogens is 346 g/mol. The summed E-state index contributed by atoms with van der Waals surface area (Å²) in [6.07, 6.45) is 3.20. The van der Waals surface area contributed by atoms with Crippen LogP contribution >= 0.6 is 11.6 Å². The molecule has 4 heteroatoms. The maximum atomic E-state index is 13.2. The zero-order valence-corrected chi connectivity index (χ0v) is 15.9. The van der Waals surface area contributed by atoms with Gasteiger partial charge in [-0.2, -0.15) is 0 Å². The molecule has 2 bridgehead atoms. The summed E-state index contributed by atoms with van der Waals surface area (Å²) >= 11 is 6.06. The molecule has 2 aliphatic heterocycles. The number of carbonyl (C=O) groups is 1. The van der Waals surface area contributed by atoms with E-state index in [1.54, 1.807) is 0 Å². The number of hydrogen-bond donors (Lipinski definition) is 0. The van der Waals surface area contributed by atoms with Crippen molar-refractivity contribution < 1.29 is 9.53 Å². The molecular formula is C22H24ClNO2. The maximum Gasteiger partial charge on any atom is 0.316 e. The number of hydrogen-bond acceptors (Lipinski definition) is 3. The molecule has 4 atom stereocenters. The number of fused-ring (bicyclic) bond motifs is 2. The normalized spacial score (nSPS) is 28.1. The fourth-order valence-electron chi connectivity index (χ4n) is 4.63. The van der Waals surface area contributed by atoms with Crippen LogP contribution in [0.5, 0.6) is 5.75 Å². The molecule has 136 valence electrons. The van der Waals surface area contributed by atoms with E-state index in [4.69, 9.17) is 16.3 Å². The minimum Gasteiger partial charge on any atom is -0.426 e. The van der Waals surface area contributed by atoms with Crippen LogP contribution in [0.25, 0.3) is 0 Å². The van der Waals surface area contributed by atoms with Gasteiger partial charge in [0.15, 0.2) is 0 Å². The molecule has 0 aromatic heterocycles. The third-order valence-electron chi connectivity index (χ3n) is 6.08. The van der Waals surface area contributed by atoms with Crippen LogP contribution in [0.1, 0.15) is 36.3 Å². The average Bonchev–Trinajstić information content (AvgIpc) is 2.87. The van der Waals surface area contributed by atoms with Gasteiger partial charge in [-0.15, -0.1) is 0 Å². The molecule has 0 amide bonds. The molecule has 0 N–H and O–H groups in total. The number of halogens is 1. The van der Waals surface area contributed by atoms with Gasteiger partial charge >= 0.3 is 5.97 Å². The highest BCUT2D eigenvalue weighted by Gasteiger charge is 2.49. The Balaban J connectivity index is 1.63. The summed E-state index contributed by atoms with van der Waals surface area (Å²) in [6.45, 7) is 2.02. The van der Waals surface area contributed by atoms with Gasteiger partial charge in [-0.3, -0.25) is 9.69 Å². The highest BCUT2D eigenvalue weighted by Crippen LogP contribution is 2.46. The van der Waals surface area contributed by atoms with Crippen molar-refractivity contribution in [3.05, 3.63) is 64.7 Å². The Hall–Kier alpha value is -1.84. The van der Waals surface area contributed by atoms with E-state index in [1.807, 2.05) is 43.3 Å². The smallest absolute Gasteiger partial charge is 0.316 e. The molecule has 2 saturated heterocycles. The third kappa shape index (κ3) is 3.26. The summed E-state index contributed by atoms with van der Waals surface area (Å²) in [6, 6.07) is 16.4. The van der Waals surface area contributed by atoms with Gasteiger partial charge < -0.3 is 4.74 Å². The molecule has 2 aromatic carbocycles. The van der Waals surface area contributed by atoms with E-state index in [1.165, 1.54) is 5.56 Å². The first-order valence-corrected chi connectivity index (χ1v) is 9.66. The summed E-state index contributed by atoms with van der Waals surface area (Å²) in [4.78, 5) is 15.5. The van der Waals surface area contributed by atoms with E-state index in [9.17, 15) is 4.79 Å². The number of benzene rings is 2. The largest absolute Gasteiger partial charge is 0.426 e. The van der Waals surface area contributed by atoms with Crippen molar-refractivity contribution in [3.63, 3.8) is 0 Å². The predicted octanol–water partition coefficient (Wildman–Crippen LogP) is 4.82. The van der Waals surface area contributed by atoms with E-state index < -0.39 is 0 Å². The number of ether oxygens (including phenoxy) is 1. The van der Waals surface area contributed by atoms with E-state index in [-0.39, 0.29) is 23.8 Å². The van der Waals surface area contributed by atoms with Crippen molar-refractivity contribution in [2.45, 2.75) is 44.2 Å². The second-order valence-electron chi connectivity index (χ2n) is 7.62. The molecule has 3 nitrogen and oxygen atoms in total. The number of esters is 1. The van der Waals surface area contributed by atoms with Crippen LogP contribution in [0.15, 0.2) is 48.5 Å². The fraction of sp³-hybridized carbons (Fsp3) is 0.409. The minimum atomic E-state index is -0.152. The Morgan fingerprint density at radius 3 is 2.46 bits per heavy atom. The maximum absolute atomic E-state index is 13.2. The average molecular weight is 370 g/mol. The number of piperidine rings is 1. The van der Waals surface area contributed by atoms with Crippen LogP contribution in [-0.4, -0.2) is 30.0 Å². The van der Waals surface area contributed by atoms with Crippen LogP contribution in [0, 0.1) is 12.8 Å². The first-order valence-electron chi connectivity index (χ1n) is 9.28. The second-order valence-corrected chi connectivity index (χ2v) is 8.05. The van der Waals surface area contributed by atoms with E-state index in [2.05, 4.69) is 24.1 Å². The van der Waals surface area contributed by atoms with Gasteiger partial charge in [0.2, 0.25) is 0 Å². The van der Waals surface area contributed by atoms with Gasteiger partial charge in [-0.1, -0.05) is 41.4 Å². The van der Waals surface area contributed by atoms with Crippen molar-refractivity contribution >= 4 is 17.6 Å². The van der Waals surface area contributed by atoms with Crippen molar-refractivity contribution in [1.82, 2.24) is 4.90 Å². The summed E-state index contributed by atoms with van der Waals surface area (Å²) in [5.74, 6) is 0.532. The molecule has 0 radical (unpaired) electrons. The second kappa shape index (κ2) is 7.05. The first-order chi connectivity index (χ1) is 12.5. The quantitative estimate of drug-likeness (QED) is 0.573. The molecule has 3 unspecified atom stereocenters. The van der Waals surface area contributed by atoms with Crippen molar-refractivity contribution in [3.8, 4) is 5.75 Å². The third-order valence-corrected chi connectivity index (χ3v) is 6.33. The zero-order valence-electron chi connectivity index (χ0n) is 15.2. The highest BCUT2D eigenvalue weighted by molar-refractivity contribution is 6.30. The summed E-state index contributed by atoms with van der Waals surface area (Å²) < 4.78 is 5.79. The molecule has 2 fully saturated rings. The standard InChI is InChI=1S/C22H24ClNO2/c1-14-3-10-18(11-4-14)26-22(25)21-19(15-5-7-16(23)8-6-15)13-17-9-12-20(21)24(17)2/h3-8,10-11,17,19-21H,9,12-13H2,1-2H3/t17?,19-,20?,21?/m1/s1. The lowest BCUT2D eigenvalue weighted by Gasteiger charge is -2.41. The lowest BCUT2D eigenvalue weighted by atomic mass is 9.76. The summed E-state index contributed by atoms with van der Waals surface area (Å²) in [5.41, 5.74) is 2.34. The molecule has 4 rings (SSSR count). The van der Waals surface area contributed by atoms with Gasteiger partial charge in [0.05, 0.1) is 5.92 Å². The predicted molar refractivity (Wildman–Crippen MR) is 104 cm³/mol. The minimum absolute atomic E-state index is 0.119.